The van der Waals surface area contributed by atoms with Crippen molar-refractivity contribution < 1.29 is 43.7 Å². The molecule has 4 aromatic heterocycles. The van der Waals surface area contributed by atoms with E-state index in [1.54, 1.807) is 80.7 Å². The minimum Gasteiger partial charge on any atom is -0.507 e. The molecule has 2 saturated heterocycles. The first-order chi connectivity index (χ1) is 32.2. The number of nitrogens with zero attached hydrogens (tertiary/aromatic N) is 8. The normalized spacial score (nSPS) is 16.4. The number of benzene rings is 2. The number of aromatic nitrogens is 4. The SMILES string of the molecule is CN(C)C(=O)C1CCN(c2ccnc3c2c(/C=C2\Oc4cccc(O)c4C2=O)cn3C)CC1.CN(C)C(=O)C1CCN(c2ccnc3c2c(C=O)cn3C)CC1.O=C1COc2cccc(O)c21. The number of hydrogen-bond donors (Lipinski definition) is 2. The molecule has 348 valence electrons. The zero-order valence-electron chi connectivity index (χ0n) is 38.4. The number of pyridine rings is 2. The molecule has 2 fully saturated rings. The fraction of sp³-hybridized carbons (Fsp3) is 0.340. The third kappa shape index (κ3) is 9.00. The number of anilines is 2. The van der Waals surface area contributed by atoms with E-state index in [0.29, 0.717) is 22.6 Å². The Hall–Kier alpha value is -7.69. The Balaban J connectivity index is 0.000000154. The molecule has 2 amide bonds. The summed E-state index contributed by atoms with van der Waals surface area (Å²) < 4.78 is 14.6. The van der Waals surface area contributed by atoms with Gasteiger partial charge in [-0.15, -0.1) is 0 Å². The maximum absolute atomic E-state index is 12.9. The molecular formula is C50H54N8O9. The molecule has 67 heavy (non-hydrogen) atoms. The van der Waals surface area contributed by atoms with Gasteiger partial charge in [0.05, 0.1) is 11.1 Å². The predicted octanol–water partition coefficient (Wildman–Crippen LogP) is 5.86. The zero-order valence-corrected chi connectivity index (χ0v) is 38.4. The second-order valence-corrected chi connectivity index (χ2v) is 17.5. The molecule has 0 bridgehead atoms. The molecule has 0 aliphatic carbocycles. The Morgan fingerprint density at radius 2 is 1.16 bits per heavy atom. The van der Waals surface area contributed by atoms with E-state index in [2.05, 4.69) is 19.8 Å². The number of allylic oxidation sites excluding steroid dienone is 1. The number of amides is 2. The molecule has 8 heterocycles. The van der Waals surface area contributed by atoms with Crippen molar-refractivity contribution in [3.8, 4) is 23.0 Å². The fourth-order valence-corrected chi connectivity index (χ4v) is 9.32. The van der Waals surface area contributed by atoms with Crippen molar-refractivity contribution in [2.45, 2.75) is 25.7 Å². The maximum Gasteiger partial charge on any atom is 0.235 e. The lowest BCUT2D eigenvalue weighted by Gasteiger charge is -2.34. The summed E-state index contributed by atoms with van der Waals surface area (Å²) in [5, 5.41) is 21.1. The van der Waals surface area contributed by atoms with Crippen LogP contribution in [0.3, 0.4) is 0 Å². The molecule has 17 heteroatoms. The van der Waals surface area contributed by atoms with E-state index >= 15 is 0 Å². The average molecular weight is 911 g/mol. The summed E-state index contributed by atoms with van der Waals surface area (Å²) in [5.41, 5.74) is 5.66. The van der Waals surface area contributed by atoms with E-state index in [9.17, 15) is 34.2 Å². The van der Waals surface area contributed by atoms with Crippen molar-refractivity contribution in [1.29, 1.82) is 0 Å². The zero-order chi connectivity index (χ0) is 47.7. The number of carbonyl (C=O) groups excluding carboxylic acids is 5. The molecule has 10 rings (SSSR count). The lowest BCUT2D eigenvalue weighted by atomic mass is 9.95. The topological polar surface area (TPSA) is 193 Å². The van der Waals surface area contributed by atoms with Gasteiger partial charge in [0.25, 0.3) is 0 Å². The Morgan fingerprint density at radius 1 is 0.687 bits per heavy atom. The minimum atomic E-state index is -0.339. The summed E-state index contributed by atoms with van der Waals surface area (Å²) in [6.07, 6.45) is 13.2. The average Bonchev–Trinajstić information content (AvgIpc) is 4.08. The number of fused-ring (bicyclic) bond motifs is 4. The number of Topliss-reactive ketones (excluding diaryl/α,β-unsaturated/α-hetero) is 2. The highest BCUT2D eigenvalue weighted by Crippen LogP contribution is 2.40. The molecule has 4 aliphatic heterocycles. The van der Waals surface area contributed by atoms with E-state index in [4.69, 9.17) is 9.47 Å². The van der Waals surface area contributed by atoms with Crippen molar-refractivity contribution in [3.63, 3.8) is 0 Å². The van der Waals surface area contributed by atoms with Gasteiger partial charge in [-0.05, 0) is 68.2 Å². The molecule has 2 N–H and O–H groups in total. The molecule has 6 aromatic rings. The van der Waals surface area contributed by atoms with Gasteiger partial charge < -0.3 is 48.4 Å². The summed E-state index contributed by atoms with van der Waals surface area (Å²) >= 11 is 0. The smallest absolute Gasteiger partial charge is 0.235 e. The Labute approximate surface area is 387 Å². The molecule has 0 spiro atoms. The Morgan fingerprint density at radius 3 is 1.64 bits per heavy atom. The van der Waals surface area contributed by atoms with Crippen molar-refractivity contribution >= 4 is 69.2 Å². The highest BCUT2D eigenvalue weighted by atomic mass is 16.5. The largest absolute Gasteiger partial charge is 0.507 e. The first-order valence-electron chi connectivity index (χ1n) is 22.2. The molecule has 0 saturated carbocycles. The Bertz CT molecular complexity index is 2940. The third-order valence-electron chi connectivity index (χ3n) is 12.7. The summed E-state index contributed by atoms with van der Waals surface area (Å²) in [4.78, 5) is 76.6. The van der Waals surface area contributed by atoms with Crippen LogP contribution < -0.4 is 19.3 Å². The summed E-state index contributed by atoms with van der Waals surface area (Å²) in [6.45, 7) is 3.21. The molecule has 0 unspecified atom stereocenters. The van der Waals surface area contributed by atoms with Gasteiger partial charge in [0, 0.05) is 127 Å². The van der Waals surface area contributed by atoms with Gasteiger partial charge in [-0.1, -0.05) is 12.1 Å². The highest BCUT2D eigenvalue weighted by molar-refractivity contribution is 6.17. The molecule has 0 radical (unpaired) electrons. The maximum atomic E-state index is 12.9. The van der Waals surface area contributed by atoms with Crippen LogP contribution in [0.5, 0.6) is 23.0 Å². The van der Waals surface area contributed by atoms with Gasteiger partial charge in [0.1, 0.15) is 45.4 Å². The molecule has 2 aromatic carbocycles. The predicted molar refractivity (Wildman–Crippen MR) is 253 cm³/mol. The summed E-state index contributed by atoms with van der Waals surface area (Å²) in [7, 11) is 11.0. The number of carbonyl (C=O) groups is 5. The number of ketones is 2. The van der Waals surface area contributed by atoms with Crippen molar-refractivity contribution in [2.24, 2.45) is 25.9 Å². The number of aryl methyl sites for hydroxylation is 2. The van der Waals surface area contributed by atoms with Gasteiger partial charge in [0.15, 0.2) is 18.7 Å². The first-order valence-corrected chi connectivity index (χ1v) is 22.2. The third-order valence-corrected chi connectivity index (χ3v) is 12.7. The van der Waals surface area contributed by atoms with Crippen LogP contribution in [-0.4, -0.2) is 130 Å². The number of aldehydes is 1. The summed E-state index contributed by atoms with van der Waals surface area (Å²) in [5.74, 6) is 0.961. The van der Waals surface area contributed by atoms with Crippen LogP contribution in [0.25, 0.3) is 28.1 Å². The molecule has 4 aliphatic rings. The van der Waals surface area contributed by atoms with Crippen LogP contribution in [0.15, 0.2) is 79.1 Å². The molecular weight excluding hydrogens is 857 g/mol. The van der Waals surface area contributed by atoms with Crippen LogP contribution in [-0.2, 0) is 23.7 Å². The van der Waals surface area contributed by atoms with Crippen LogP contribution in [0, 0.1) is 11.8 Å². The van der Waals surface area contributed by atoms with Crippen molar-refractivity contribution in [3.05, 3.63) is 101 Å². The molecule has 0 atom stereocenters. The quantitative estimate of drug-likeness (QED) is 0.149. The van der Waals surface area contributed by atoms with E-state index in [-0.39, 0.29) is 64.6 Å². The van der Waals surface area contributed by atoms with Crippen LogP contribution in [0.2, 0.25) is 0 Å². The number of phenolic OH excluding ortho intramolecular Hbond substituents is 2. The van der Waals surface area contributed by atoms with Gasteiger partial charge >= 0.3 is 0 Å². The Kier molecular flexibility index (Phi) is 13.0. The van der Waals surface area contributed by atoms with Crippen LogP contribution in [0.4, 0.5) is 11.4 Å². The second kappa shape index (κ2) is 19.0. The van der Waals surface area contributed by atoms with Gasteiger partial charge in [-0.3, -0.25) is 24.0 Å². The first kappa shape index (κ1) is 45.9. The van der Waals surface area contributed by atoms with Crippen molar-refractivity contribution in [1.82, 2.24) is 28.9 Å². The lowest BCUT2D eigenvalue weighted by molar-refractivity contribution is -0.134. The standard InChI is InChI=1S/C25H26N4O4.C17H22N4O2.C8H6O3/c1-27(2)25(32)15-8-11-29(12-9-15)17-7-10-26-24-21(17)16(14-28(24)3)13-20-23(31)22-18(30)5-4-6-19(22)33-20;1-19(2)17(23)12-5-8-21(9-6-12)14-4-7-18-16-15(14)13(11-22)10-20(16)3;9-5-2-1-3-7-8(5)6(10)4-11-7/h4-7,10,13-15,30H,8-9,11-12H2,1-3H3;4,7,10-12H,5-6,8-9H2,1-3H3;1-3,9H,4H2/b20-13-;;. The lowest BCUT2D eigenvalue weighted by Crippen LogP contribution is -2.40. The minimum absolute atomic E-state index is 0.00463. The number of piperidine rings is 2. The number of ether oxygens (including phenoxy) is 2. The van der Waals surface area contributed by atoms with E-state index in [1.165, 1.54) is 12.1 Å². The second-order valence-electron chi connectivity index (χ2n) is 17.5. The monoisotopic (exact) mass is 910 g/mol. The number of phenols is 2. The summed E-state index contributed by atoms with van der Waals surface area (Å²) in [6, 6.07) is 13.5. The van der Waals surface area contributed by atoms with E-state index < -0.39 is 0 Å². The number of rotatable bonds is 6. The van der Waals surface area contributed by atoms with Crippen LogP contribution >= 0.6 is 0 Å². The van der Waals surface area contributed by atoms with Crippen molar-refractivity contribution in [2.75, 3.05) is 70.8 Å². The van der Waals surface area contributed by atoms with Crippen LogP contribution in [0.1, 0.15) is 62.3 Å². The number of aromatic hydroxyl groups is 2. The van der Waals surface area contributed by atoms with Gasteiger partial charge in [-0.2, -0.15) is 0 Å². The van der Waals surface area contributed by atoms with Gasteiger partial charge in [0.2, 0.25) is 23.4 Å². The van der Waals surface area contributed by atoms with Gasteiger partial charge in [-0.25, -0.2) is 9.97 Å². The molecule has 17 nitrogen and oxygen atoms in total. The van der Waals surface area contributed by atoms with E-state index in [0.717, 1.165) is 97.2 Å². The highest BCUT2D eigenvalue weighted by Gasteiger charge is 2.32. The fourth-order valence-electron chi connectivity index (χ4n) is 9.32. The number of hydrogen-bond acceptors (Lipinski definition) is 13. The van der Waals surface area contributed by atoms with E-state index in [1.807, 2.05) is 47.8 Å².